The first kappa shape index (κ1) is 32.6. The Morgan fingerprint density at radius 3 is 2.49 bits per heavy atom. The molecule has 1 aromatic heterocycles. The molecule has 0 radical (unpaired) electrons. The topological polar surface area (TPSA) is 97.0 Å². The molecule has 1 unspecified atom stereocenters. The molecule has 2 aliphatic rings. The number of nitrogens with one attached hydrogen (secondary N) is 1. The lowest BCUT2D eigenvalue weighted by atomic mass is 9.76. The summed E-state index contributed by atoms with van der Waals surface area (Å²) >= 11 is 0. The average Bonchev–Trinajstić information content (AvgIpc) is 3.73. The van der Waals surface area contributed by atoms with Crippen molar-refractivity contribution in [1.82, 2.24) is 19.8 Å². The van der Waals surface area contributed by atoms with Crippen molar-refractivity contribution < 1.29 is 23.8 Å². The average molecular weight is 639 g/mol. The van der Waals surface area contributed by atoms with Crippen LogP contribution in [0.25, 0.3) is 11.0 Å². The highest BCUT2D eigenvalue weighted by molar-refractivity contribution is 5.97. The molecule has 248 valence electrons. The first-order chi connectivity index (χ1) is 22.8. The summed E-state index contributed by atoms with van der Waals surface area (Å²) in [5.41, 5.74) is 3.61. The minimum absolute atomic E-state index is 0.0318. The number of para-hydroxylation sites is 2. The fourth-order valence-corrected chi connectivity index (χ4v) is 7.18. The quantitative estimate of drug-likeness (QED) is 0.188. The number of ketones is 1. The highest BCUT2D eigenvalue weighted by Crippen LogP contribution is 2.42. The van der Waals surface area contributed by atoms with Gasteiger partial charge in [-0.1, -0.05) is 30.3 Å². The molecule has 2 aliphatic heterocycles. The SMILES string of the molecule is COc1ccc(C2(CCN3CCC(C(=O)c4nc5ccccc5[nH]4)CC3)CCN(C(=O)Cc3cccc(OC(C)C)c3)C2)cc1OC. The van der Waals surface area contributed by atoms with Crippen LogP contribution in [-0.2, 0) is 16.6 Å². The van der Waals surface area contributed by atoms with E-state index in [9.17, 15) is 9.59 Å². The van der Waals surface area contributed by atoms with Gasteiger partial charge in [0.05, 0.1) is 37.8 Å². The molecule has 1 N–H and O–H groups in total. The number of carbonyl (C=O) groups is 2. The monoisotopic (exact) mass is 638 g/mol. The summed E-state index contributed by atoms with van der Waals surface area (Å²) in [6.07, 6.45) is 3.79. The van der Waals surface area contributed by atoms with E-state index in [1.165, 1.54) is 0 Å². The van der Waals surface area contributed by atoms with E-state index in [1.54, 1.807) is 14.2 Å². The molecule has 0 spiro atoms. The number of rotatable bonds is 12. The number of aromatic nitrogens is 2. The summed E-state index contributed by atoms with van der Waals surface area (Å²) in [6, 6.07) is 21.8. The molecule has 0 aliphatic carbocycles. The second-order valence-corrected chi connectivity index (χ2v) is 13.2. The fourth-order valence-electron chi connectivity index (χ4n) is 7.18. The number of Topliss-reactive ketones (excluding diaryl/α,β-unsaturated/α-hetero) is 1. The molecule has 1 amide bonds. The van der Waals surface area contributed by atoms with Gasteiger partial charge < -0.3 is 29.0 Å². The summed E-state index contributed by atoms with van der Waals surface area (Å²) in [4.78, 5) is 39.2. The number of amides is 1. The number of likely N-dealkylation sites (tertiary alicyclic amines) is 2. The Hall–Kier alpha value is -4.37. The number of piperidine rings is 1. The van der Waals surface area contributed by atoms with Crippen LogP contribution in [0.2, 0.25) is 0 Å². The highest BCUT2D eigenvalue weighted by atomic mass is 16.5. The van der Waals surface area contributed by atoms with Crippen LogP contribution in [0.3, 0.4) is 0 Å². The van der Waals surface area contributed by atoms with Crippen LogP contribution in [0.1, 0.15) is 61.3 Å². The third-order valence-electron chi connectivity index (χ3n) is 9.82. The number of imidazole rings is 1. The van der Waals surface area contributed by atoms with Gasteiger partial charge in [-0.3, -0.25) is 9.59 Å². The van der Waals surface area contributed by atoms with Crippen molar-refractivity contribution in [3.05, 3.63) is 83.7 Å². The normalized spacial score (nSPS) is 19.0. The third kappa shape index (κ3) is 7.30. The van der Waals surface area contributed by atoms with Crippen LogP contribution >= 0.6 is 0 Å². The second kappa shape index (κ2) is 14.2. The standard InChI is InChI=1S/C38H46N4O5/c1-26(2)47-30-9-7-8-27(22-30)23-35(43)42-21-17-38(25-42,29-12-13-33(45-3)34(24-29)46-4)16-20-41-18-14-28(15-19-41)36(44)37-39-31-10-5-6-11-32(31)40-37/h5-13,22,24,26,28H,14-21,23,25H2,1-4H3,(H,39,40). The predicted octanol–water partition coefficient (Wildman–Crippen LogP) is 6.07. The van der Waals surface area contributed by atoms with E-state index in [1.807, 2.05) is 73.3 Å². The summed E-state index contributed by atoms with van der Waals surface area (Å²) in [7, 11) is 3.31. The molecule has 3 aromatic carbocycles. The molecule has 9 heteroatoms. The van der Waals surface area contributed by atoms with Gasteiger partial charge in [0, 0.05) is 24.4 Å². The number of nitrogens with zero attached hydrogens (tertiary/aromatic N) is 3. The molecule has 6 rings (SSSR count). The smallest absolute Gasteiger partial charge is 0.227 e. The molecule has 2 fully saturated rings. The molecule has 4 aromatic rings. The van der Waals surface area contributed by atoms with Crippen molar-refractivity contribution >= 4 is 22.7 Å². The number of H-pyrrole nitrogens is 1. The van der Waals surface area contributed by atoms with Gasteiger partial charge in [0.1, 0.15) is 5.75 Å². The van der Waals surface area contributed by atoms with Crippen LogP contribution in [-0.4, -0.2) is 84.5 Å². The Kier molecular flexibility index (Phi) is 9.82. The van der Waals surface area contributed by atoms with Crippen LogP contribution < -0.4 is 14.2 Å². The maximum Gasteiger partial charge on any atom is 0.227 e. The maximum absolute atomic E-state index is 13.7. The minimum atomic E-state index is -0.223. The molecule has 2 saturated heterocycles. The van der Waals surface area contributed by atoms with E-state index in [2.05, 4.69) is 27.0 Å². The summed E-state index contributed by atoms with van der Waals surface area (Å²) < 4.78 is 17.1. The van der Waals surface area contributed by atoms with E-state index < -0.39 is 0 Å². The Morgan fingerprint density at radius 2 is 1.74 bits per heavy atom. The van der Waals surface area contributed by atoms with E-state index in [0.29, 0.717) is 36.8 Å². The van der Waals surface area contributed by atoms with Crippen molar-refractivity contribution in [1.29, 1.82) is 0 Å². The van der Waals surface area contributed by atoms with Crippen molar-refractivity contribution in [3.63, 3.8) is 0 Å². The lowest BCUT2D eigenvalue weighted by molar-refractivity contribution is -0.129. The van der Waals surface area contributed by atoms with Gasteiger partial charge in [-0.05, 0) is 107 Å². The van der Waals surface area contributed by atoms with E-state index in [-0.39, 0.29) is 29.1 Å². The number of carbonyl (C=O) groups excluding carboxylic acids is 2. The lowest BCUT2D eigenvalue weighted by Crippen LogP contribution is -2.41. The Balaban J connectivity index is 1.13. The molecular weight excluding hydrogens is 592 g/mol. The zero-order valence-corrected chi connectivity index (χ0v) is 28.0. The van der Waals surface area contributed by atoms with Crippen molar-refractivity contribution in [2.24, 2.45) is 5.92 Å². The first-order valence-corrected chi connectivity index (χ1v) is 16.7. The number of benzene rings is 3. The predicted molar refractivity (Wildman–Crippen MR) is 183 cm³/mol. The number of fused-ring (bicyclic) bond motifs is 1. The van der Waals surface area contributed by atoms with Crippen molar-refractivity contribution in [2.75, 3.05) is 46.9 Å². The van der Waals surface area contributed by atoms with Gasteiger partial charge in [0.2, 0.25) is 11.7 Å². The van der Waals surface area contributed by atoms with Gasteiger partial charge in [0.25, 0.3) is 0 Å². The second-order valence-electron chi connectivity index (χ2n) is 13.2. The number of ether oxygens (including phenoxy) is 3. The van der Waals surface area contributed by atoms with Crippen LogP contribution in [0.15, 0.2) is 66.7 Å². The van der Waals surface area contributed by atoms with Gasteiger partial charge in [0.15, 0.2) is 17.3 Å². The number of aromatic amines is 1. The number of methoxy groups -OCH3 is 2. The van der Waals surface area contributed by atoms with Crippen molar-refractivity contribution in [2.45, 2.75) is 57.5 Å². The maximum atomic E-state index is 13.7. The lowest BCUT2D eigenvalue weighted by Gasteiger charge is -2.36. The molecule has 0 saturated carbocycles. The Labute approximate surface area is 277 Å². The highest BCUT2D eigenvalue weighted by Gasteiger charge is 2.42. The molecule has 3 heterocycles. The molecule has 0 bridgehead atoms. The third-order valence-corrected chi connectivity index (χ3v) is 9.82. The molecule has 1 atom stereocenters. The largest absolute Gasteiger partial charge is 0.493 e. The zero-order valence-electron chi connectivity index (χ0n) is 28.0. The Morgan fingerprint density at radius 1 is 0.957 bits per heavy atom. The molecular formula is C38H46N4O5. The molecule has 9 nitrogen and oxygen atoms in total. The summed E-state index contributed by atoms with van der Waals surface area (Å²) in [6.45, 7) is 7.94. The van der Waals surface area contributed by atoms with Crippen molar-refractivity contribution in [3.8, 4) is 17.2 Å². The molecule has 47 heavy (non-hydrogen) atoms. The van der Waals surface area contributed by atoms with Crippen LogP contribution in [0, 0.1) is 5.92 Å². The van der Waals surface area contributed by atoms with Gasteiger partial charge in [-0.2, -0.15) is 0 Å². The van der Waals surface area contributed by atoms with E-state index >= 15 is 0 Å². The first-order valence-electron chi connectivity index (χ1n) is 16.7. The zero-order chi connectivity index (χ0) is 33.0. The van der Waals surface area contributed by atoms with Crippen LogP contribution in [0.4, 0.5) is 0 Å². The van der Waals surface area contributed by atoms with Gasteiger partial charge in [-0.15, -0.1) is 0 Å². The van der Waals surface area contributed by atoms with E-state index in [4.69, 9.17) is 14.2 Å². The van der Waals surface area contributed by atoms with E-state index in [0.717, 1.165) is 73.2 Å². The van der Waals surface area contributed by atoms with Gasteiger partial charge in [-0.25, -0.2) is 4.98 Å². The fraction of sp³-hybridized carbons (Fsp3) is 0.447. The van der Waals surface area contributed by atoms with Gasteiger partial charge >= 0.3 is 0 Å². The summed E-state index contributed by atoms with van der Waals surface area (Å²) in [5.74, 6) is 2.84. The minimum Gasteiger partial charge on any atom is -0.493 e. The number of hydrogen-bond donors (Lipinski definition) is 1. The van der Waals surface area contributed by atoms with Crippen LogP contribution in [0.5, 0.6) is 17.2 Å². The number of hydrogen-bond acceptors (Lipinski definition) is 7. The Bertz CT molecular complexity index is 1680. The summed E-state index contributed by atoms with van der Waals surface area (Å²) in [5, 5.41) is 0.